The van der Waals surface area contributed by atoms with Gasteiger partial charge in [-0.3, -0.25) is 0 Å². The molecule has 0 saturated heterocycles. The highest BCUT2D eigenvalue weighted by Gasteiger charge is 2.19. The van der Waals surface area contributed by atoms with Gasteiger partial charge in [-0.15, -0.1) is 0 Å². The van der Waals surface area contributed by atoms with Crippen LogP contribution < -0.4 is 0 Å². The van der Waals surface area contributed by atoms with Crippen molar-refractivity contribution in [2.45, 2.75) is 96.7 Å². The second-order valence-corrected chi connectivity index (χ2v) is 16.4. The van der Waals surface area contributed by atoms with Crippen molar-refractivity contribution in [1.29, 1.82) is 0 Å². The van der Waals surface area contributed by atoms with Crippen molar-refractivity contribution in [3.63, 3.8) is 0 Å². The summed E-state index contributed by atoms with van der Waals surface area (Å²) in [5, 5.41) is 0. The van der Waals surface area contributed by atoms with E-state index in [0.29, 0.717) is 0 Å². The summed E-state index contributed by atoms with van der Waals surface area (Å²) in [4.78, 5) is 0. The molecule has 0 amide bonds. The van der Waals surface area contributed by atoms with Crippen LogP contribution in [0.1, 0.15) is 78.6 Å². The van der Waals surface area contributed by atoms with Gasteiger partial charge in [0.2, 0.25) is 0 Å². The molecular weight excluding hydrogens is 264 g/mol. The molecule has 18 heavy (non-hydrogen) atoms. The van der Waals surface area contributed by atoms with Gasteiger partial charge in [-0.05, 0) is 0 Å². The van der Waals surface area contributed by atoms with E-state index < -0.39 is 0 Å². The van der Waals surface area contributed by atoms with Gasteiger partial charge in [0.05, 0.1) is 0 Å². The van der Waals surface area contributed by atoms with E-state index in [4.69, 9.17) is 0 Å². The standard InChI is InChI=1S/C15H33Si3/c1-4-7-10-13-17(14-11-8-5-2)18(16)15-12-9-6-3/h4-15H2,1-3H3. The van der Waals surface area contributed by atoms with Crippen LogP contribution >= 0.6 is 0 Å². The monoisotopic (exact) mass is 297 g/mol. The summed E-state index contributed by atoms with van der Waals surface area (Å²) in [7, 11) is 3.99. The van der Waals surface area contributed by atoms with Crippen LogP contribution in [0.5, 0.6) is 0 Å². The molecule has 0 aliphatic heterocycles. The number of unbranched alkanes of at least 4 members (excludes halogenated alkanes) is 6. The summed E-state index contributed by atoms with van der Waals surface area (Å²) in [6, 6.07) is 4.71. The minimum Gasteiger partial charge on any atom is -0.0654 e. The fraction of sp³-hybridized carbons (Fsp3) is 1.00. The predicted octanol–water partition coefficient (Wildman–Crippen LogP) is 5.29. The Morgan fingerprint density at radius 1 is 0.611 bits per heavy atom. The molecule has 0 fully saturated rings. The summed E-state index contributed by atoms with van der Waals surface area (Å²) in [6.07, 6.45) is 13.0. The first kappa shape index (κ1) is 18.7. The zero-order chi connectivity index (χ0) is 13.6. The summed E-state index contributed by atoms with van der Waals surface area (Å²) in [5.41, 5.74) is 0. The van der Waals surface area contributed by atoms with Crippen LogP contribution in [0.4, 0.5) is 0 Å². The molecule has 0 atom stereocenters. The SMILES string of the molecule is CCCCC[Si]([Si])[Si](CCCCC)CCCCC. The zero-order valence-electron chi connectivity index (χ0n) is 13.0. The molecule has 0 aliphatic carbocycles. The van der Waals surface area contributed by atoms with Crippen LogP contribution in [-0.2, 0) is 0 Å². The number of hydrogen-bond donors (Lipinski definition) is 0. The lowest BCUT2D eigenvalue weighted by molar-refractivity contribution is 0.748. The Kier molecular flexibility index (Phi) is 14.6. The minimum absolute atomic E-state index is 0.0323. The third kappa shape index (κ3) is 10.6. The van der Waals surface area contributed by atoms with Crippen molar-refractivity contribution in [3.05, 3.63) is 0 Å². The van der Waals surface area contributed by atoms with Gasteiger partial charge in [0.15, 0.2) is 0 Å². The molecule has 0 aromatic carbocycles. The molecule has 0 bridgehead atoms. The van der Waals surface area contributed by atoms with Crippen molar-refractivity contribution in [2.75, 3.05) is 0 Å². The molecule has 0 aromatic heterocycles. The fourth-order valence-electron chi connectivity index (χ4n) is 2.33. The van der Waals surface area contributed by atoms with Gasteiger partial charge < -0.3 is 0 Å². The van der Waals surface area contributed by atoms with Gasteiger partial charge in [0.25, 0.3) is 0 Å². The Morgan fingerprint density at radius 2 is 1.00 bits per heavy atom. The van der Waals surface area contributed by atoms with Crippen LogP contribution in [0.25, 0.3) is 0 Å². The Hall–Kier alpha value is 0.651. The summed E-state index contributed by atoms with van der Waals surface area (Å²) < 4.78 is 0. The Morgan fingerprint density at radius 3 is 1.39 bits per heavy atom. The van der Waals surface area contributed by atoms with E-state index in [0.717, 1.165) is 0 Å². The van der Waals surface area contributed by atoms with Crippen LogP contribution in [0, 0.1) is 0 Å². The third-order valence-corrected chi connectivity index (χ3v) is 16.0. The molecule has 0 heterocycles. The van der Waals surface area contributed by atoms with E-state index in [1.165, 1.54) is 63.8 Å². The molecular formula is C15H33Si3. The first-order valence-corrected chi connectivity index (χ1v) is 14.3. The third-order valence-electron chi connectivity index (χ3n) is 3.62. The molecule has 0 unspecified atom stereocenters. The highest BCUT2D eigenvalue weighted by molar-refractivity contribution is 7.41. The van der Waals surface area contributed by atoms with Crippen LogP contribution in [0.15, 0.2) is 0 Å². The van der Waals surface area contributed by atoms with E-state index in [2.05, 4.69) is 30.5 Å². The highest BCUT2D eigenvalue weighted by Crippen LogP contribution is 2.16. The molecule has 0 saturated carbocycles. The van der Waals surface area contributed by atoms with E-state index in [1.54, 1.807) is 12.1 Å². The van der Waals surface area contributed by atoms with E-state index in [1.807, 2.05) is 0 Å². The maximum atomic E-state index is 4.18. The second kappa shape index (κ2) is 14.1. The highest BCUT2D eigenvalue weighted by atomic mass is 29.6. The van der Waals surface area contributed by atoms with Crippen LogP contribution in [-0.4, -0.2) is 25.9 Å². The molecule has 5 radical (unpaired) electrons. The molecule has 0 aromatic rings. The van der Waals surface area contributed by atoms with Gasteiger partial charge in [-0.2, -0.15) is 0 Å². The summed E-state index contributed by atoms with van der Waals surface area (Å²) in [5.74, 6) is 0. The van der Waals surface area contributed by atoms with Crippen molar-refractivity contribution in [3.8, 4) is 0 Å². The van der Waals surface area contributed by atoms with Gasteiger partial charge >= 0.3 is 0 Å². The maximum Gasteiger partial charge on any atom is 0.0339 e. The lowest BCUT2D eigenvalue weighted by atomic mass is 10.3. The molecule has 0 aliphatic rings. The smallest absolute Gasteiger partial charge is 0.0339 e. The first-order chi connectivity index (χ1) is 8.76. The average molecular weight is 298 g/mol. The van der Waals surface area contributed by atoms with Crippen LogP contribution in [0.2, 0.25) is 18.1 Å². The normalized spacial score (nSPS) is 11.7. The topological polar surface area (TPSA) is 0 Å². The summed E-state index contributed by atoms with van der Waals surface area (Å²) >= 11 is 0. The Bertz CT molecular complexity index is 152. The van der Waals surface area contributed by atoms with Crippen molar-refractivity contribution in [1.82, 2.24) is 0 Å². The number of hydrogen-bond acceptors (Lipinski definition) is 0. The Labute approximate surface area is 123 Å². The van der Waals surface area contributed by atoms with Gasteiger partial charge in [0.1, 0.15) is 0 Å². The van der Waals surface area contributed by atoms with E-state index in [-0.39, 0.29) is 16.1 Å². The largest absolute Gasteiger partial charge is 0.0654 e. The van der Waals surface area contributed by atoms with Gasteiger partial charge in [-0.1, -0.05) is 96.7 Å². The van der Waals surface area contributed by atoms with Crippen molar-refractivity contribution >= 4 is 25.9 Å². The zero-order valence-corrected chi connectivity index (χ0v) is 16.0. The van der Waals surface area contributed by atoms with Crippen molar-refractivity contribution < 1.29 is 0 Å². The predicted molar refractivity (Wildman–Crippen MR) is 90.3 cm³/mol. The minimum atomic E-state index is -0.154. The van der Waals surface area contributed by atoms with Crippen LogP contribution in [0.3, 0.4) is 0 Å². The molecule has 0 N–H and O–H groups in total. The number of rotatable bonds is 13. The van der Waals surface area contributed by atoms with E-state index in [9.17, 15) is 0 Å². The van der Waals surface area contributed by atoms with E-state index >= 15 is 0 Å². The Balaban J connectivity index is 3.90. The second-order valence-electron chi connectivity index (χ2n) is 5.45. The van der Waals surface area contributed by atoms with Gasteiger partial charge in [-0.25, -0.2) is 0 Å². The lowest BCUT2D eigenvalue weighted by Crippen LogP contribution is -2.36. The molecule has 3 heteroatoms. The molecule has 0 nitrogen and oxygen atoms in total. The average Bonchev–Trinajstić information content (AvgIpc) is 2.37. The quantitative estimate of drug-likeness (QED) is 0.320. The van der Waals surface area contributed by atoms with Gasteiger partial charge in [0, 0.05) is 25.9 Å². The lowest BCUT2D eigenvalue weighted by Gasteiger charge is -2.21. The maximum absolute atomic E-state index is 4.18. The summed E-state index contributed by atoms with van der Waals surface area (Å²) in [6.45, 7) is 6.96. The first-order valence-electron chi connectivity index (χ1n) is 8.18. The molecule has 0 rings (SSSR count). The van der Waals surface area contributed by atoms with Crippen molar-refractivity contribution in [2.24, 2.45) is 0 Å². The fourth-order valence-corrected chi connectivity index (χ4v) is 12.7. The molecule has 0 spiro atoms. The molecule has 105 valence electrons.